The molecule has 10 aromatic rings. The molecule has 1 heteroatoms. The molecule has 10 aromatic carbocycles. The number of nitrogens with zero attached hydrogens (tertiary/aromatic N) is 1. The Bertz CT molecular complexity index is 3230. The fourth-order valence-corrected chi connectivity index (χ4v) is 9.85. The van der Waals surface area contributed by atoms with Gasteiger partial charge in [0.05, 0.1) is 11.4 Å². The molecule has 11 rings (SSSR count). The van der Waals surface area contributed by atoms with E-state index in [4.69, 9.17) is 0 Å². The molecule has 0 heterocycles. The summed E-state index contributed by atoms with van der Waals surface area (Å²) < 4.78 is 0. The summed E-state index contributed by atoms with van der Waals surface area (Å²) in [7, 11) is 0. The summed E-state index contributed by atoms with van der Waals surface area (Å²) in [5.41, 5.74) is 18.2. The third-order valence-electron chi connectivity index (χ3n) is 12.7. The van der Waals surface area contributed by atoms with Gasteiger partial charge in [0.2, 0.25) is 0 Å². The van der Waals surface area contributed by atoms with Crippen molar-refractivity contribution in [1.82, 2.24) is 0 Å². The van der Waals surface area contributed by atoms with Crippen LogP contribution in [0.25, 0.3) is 77.2 Å². The zero-order chi connectivity index (χ0) is 40.2. The molecule has 1 aliphatic rings. The highest BCUT2D eigenvalue weighted by Gasteiger charge is 2.38. The highest BCUT2D eigenvalue weighted by molar-refractivity contribution is 6.12. The topological polar surface area (TPSA) is 3.24 Å². The molecule has 0 spiro atoms. The summed E-state index contributed by atoms with van der Waals surface area (Å²) in [6.07, 6.45) is 0. The average molecular weight is 766 g/mol. The van der Waals surface area contributed by atoms with Gasteiger partial charge in [-0.3, -0.25) is 0 Å². The first kappa shape index (κ1) is 35.7. The molecular weight excluding hydrogens is 723 g/mol. The number of rotatable bonds is 7. The van der Waals surface area contributed by atoms with E-state index in [1.54, 1.807) is 0 Å². The number of hydrogen-bond donors (Lipinski definition) is 0. The second-order valence-corrected chi connectivity index (χ2v) is 16.4. The monoisotopic (exact) mass is 765 g/mol. The maximum Gasteiger partial charge on any atom is 0.0543 e. The van der Waals surface area contributed by atoms with E-state index in [-0.39, 0.29) is 5.41 Å². The zero-order valence-electron chi connectivity index (χ0n) is 33.8. The van der Waals surface area contributed by atoms with E-state index in [1.807, 2.05) is 0 Å². The molecule has 0 radical (unpaired) electrons. The number of benzene rings is 10. The van der Waals surface area contributed by atoms with Crippen LogP contribution < -0.4 is 4.90 Å². The van der Waals surface area contributed by atoms with Crippen molar-refractivity contribution in [2.24, 2.45) is 0 Å². The molecule has 0 saturated carbocycles. The molecule has 1 nitrogen and oxygen atoms in total. The van der Waals surface area contributed by atoms with E-state index < -0.39 is 0 Å². The van der Waals surface area contributed by atoms with Crippen LogP contribution in [0.4, 0.5) is 17.1 Å². The van der Waals surface area contributed by atoms with Gasteiger partial charge in [-0.1, -0.05) is 214 Å². The Morgan fingerprint density at radius 3 is 1.60 bits per heavy atom. The molecule has 0 bridgehead atoms. The molecule has 0 fully saturated rings. The smallest absolute Gasteiger partial charge is 0.0543 e. The van der Waals surface area contributed by atoms with Crippen molar-refractivity contribution in [2.45, 2.75) is 19.3 Å². The van der Waals surface area contributed by atoms with Gasteiger partial charge in [-0.05, 0) is 101 Å². The predicted octanol–water partition coefficient (Wildman–Crippen LogP) is 16.4. The summed E-state index contributed by atoms with van der Waals surface area (Å²) in [4.78, 5) is 2.51. The molecular formula is C59H43N. The lowest BCUT2D eigenvalue weighted by molar-refractivity contribution is 0.660. The van der Waals surface area contributed by atoms with Gasteiger partial charge in [-0.25, -0.2) is 0 Å². The van der Waals surface area contributed by atoms with Gasteiger partial charge in [0, 0.05) is 22.2 Å². The van der Waals surface area contributed by atoms with E-state index in [0.717, 1.165) is 11.4 Å². The van der Waals surface area contributed by atoms with Crippen LogP contribution >= 0.6 is 0 Å². The van der Waals surface area contributed by atoms with E-state index in [0.29, 0.717) is 0 Å². The molecule has 0 aliphatic heterocycles. The lowest BCUT2D eigenvalue weighted by Crippen LogP contribution is -2.16. The Balaban J connectivity index is 1.13. The van der Waals surface area contributed by atoms with Crippen LogP contribution in [0.2, 0.25) is 0 Å². The Morgan fingerprint density at radius 2 is 0.817 bits per heavy atom. The van der Waals surface area contributed by atoms with Crippen molar-refractivity contribution in [3.63, 3.8) is 0 Å². The normalized spacial score (nSPS) is 12.6. The first-order chi connectivity index (χ1) is 29.6. The summed E-state index contributed by atoms with van der Waals surface area (Å²) in [6.45, 7) is 4.73. The van der Waals surface area contributed by atoms with E-state index in [2.05, 4.69) is 243 Å². The van der Waals surface area contributed by atoms with Crippen molar-refractivity contribution in [1.29, 1.82) is 0 Å². The van der Waals surface area contributed by atoms with Crippen molar-refractivity contribution >= 4 is 38.6 Å². The molecule has 60 heavy (non-hydrogen) atoms. The lowest BCUT2D eigenvalue weighted by atomic mass is 9.82. The lowest BCUT2D eigenvalue weighted by Gasteiger charge is -2.31. The minimum absolute atomic E-state index is 0.136. The molecule has 1 aliphatic carbocycles. The Morgan fingerprint density at radius 1 is 0.300 bits per heavy atom. The number of anilines is 3. The van der Waals surface area contributed by atoms with Gasteiger partial charge in [-0.15, -0.1) is 0 Å². The summed E-state index contributed by atoms with van der Waals surface area (Å²) in [5.74, 6) is 0. The molecule has 0 N–H and O–H groups in total. The standard InChI is InChI=1S/C59H43N/c1-59(2)54-30-14-12-27-53(54)58-55(59)31-17-33-57(58)60(43-37-34-42(35-38-43)46-28-16-29-48-45-21-7-6-20-41(45)36-39-51(46)48)56-32-15-13-26-52(56)50-25-11-10-24-49(50)47-23-9-8-22-44(47)40-18-4-3-5-19-40/h3-39H,1-2H3. The van der Waals surface area contributed by atoms with Crippen LogP contribution in [-0.2, 0) is 5.41 Å². The Kier molecular flexibility index (Phi) is 8.57. The molecule has 0 atom stereocenters. The van der Waals surface area contributed by atoms with Gasteiger partial charge in [-0.2, -0.15) is 0 Å². The molecule has 0 unspecified atom stereocenters. The zero-order valence-corrected chi connectivity index (χ0v) is 33.8. The summed E-state index contributed by atoms with van der Waals surface area (Å²) in [5, 5.41) is 5.08. The van der Waals surface area contributed by atoms with E-state index in [9.17, 15) is 0 Å². The van der Waals surface area contributed by atoms with Crippen molar-refractivity contribution in [2.75, 3.05) is 4.90 Å². The van der Waals surface area contributed by atoms with Gasteiger partial charge in [0.1, 0.15) is 0 Å². The number of hydrogen-bond acceptors (Lipinski definition) is 1. The summed E-state index contributed by atoms with van der Waals surface area (Å²) >= 11 is 0. The van der Waals surface area contributed by atoms with E-state index >= 15 is 0 Å². The molecule has 0 amide bonds. The minimum atomic E-state index is -0.136. The average Bonchev–Trinajstić information content (AvgIpc) is 3.55. The molecule has 284 valence electrons. The maximum atomic E-state index is 2.51. The molecule has 0 saturated heterocycles. The van der Waals surface area contributed by atoms with Gasteiger partial charge >= 0.3 is 0 Å². The third-order valence-corrected chi connectivity index (χ3v) is 12.7. The number of para-hydroxylation sites is 1. The fraction of sp³-hybridized carbons (Fsp3) is 0.0508. The van der Waals surface area contributed by atoms with Crippen molar-refractivity contribution < 1.29 is 0 Å². The minimum Gasteiger partial charge on any atom is -0.309 e. The van der Waals surface area contributed by atoms with Crippen LogP contribution in [0.1, 0.15) is 25.0 Å². The second-order valence-electron chi connectivity index (χ2n) is 16.4. The highest BCUT2D eigenvalue weighted by Crippen LogP contribution is 2.55. The van der Waals surface area contributed by atoms with Crippen LogP contribution in [-0.4, -0.2) is 0 Å². The van der Waals surface area contributed by atoms with Gasteiger partial charge < -0.3 is 4.90 Å². The molecule has 0 aromatic heterocycles. The van der Waals surface area contributed by atoms with Crippen LogP contribution in [0, 0.1) is 0 Å². The second kappa shape index (κ2) is 14.4. The van der Waals surface area contributed by atoms with Crippen molar-refractivity contribution in [3.8, 4) is 55.6 Å². The Labute approximate surface area is 352 Å². The maximum absolute atomic E-state index is 2.51. The highest BCUT2D eigenvalue weighted by atomic mass is 15.1. The van der Waals surface area contributed by atoms with Crippen LogP contribution in [0.3, 0.4) is 0 Å². The van der Waals surface area contributed by atoms with Crippen LogP contribution in [0.15, 0.2) is 224 Å². The summed E-state index contributed by atoms with van der Waals surface area (Å²) in [6, 6.07) is 82.4. The Hall–Kier alpha value is -7.48. The first-order valence-corrected chi connectivity index (χ1v) is 20.9. The van der Waals surface area contributed by atoms with Crippen molar-refractivity contribution in [3.05, 3.63) is 236 Å². The number of fused-ring (bicyclic) bond motifs is 6. The van der Waals surface area contributed by atoms with Crippen LogP contribution in [0.5, 0.6) is 0 Å². The van der Waals surface area contributed by atoms with Gasteiger partial charge in [0.15, 0.2) is 0 Å². The third kappa shape index (κ3) is 5.77. The quantitative estimate of drug-likeness (QED) is 0.146. The predicted molar refractivity (Wildman–Crippen MR) is 255 cm³/mol. The SMILES string of the molecule is CC1(C)c2ccccc2-c2c(N(c3ccc(-c4cccc5c4ccc4ccccc45)cc3)c3ccccc3-c3ccccc3-c3ccccc3-c3ccccc3)cccc21. The largest absolute Gasteiger partial charge is 0.309 e. The van der Waals surface area contributed by atoms with Gasteiger partial charge in [0.25, 0.3) is 0 Å². The van der Waals surface area contributed by atoms with E-state index in [1.165, 1.54) is 94.0 Å². The fourth-order valence-electron chi connectivity index (χ4n) is 9.85. The first-order valence-electron chi connectivity index (χ1n) is 20.9.